The SMILES string of the molecule is O=C(COC(=O)c1ccc(Cl)s1)Nc1ccc(Cl)c(Cl)c1. The Labute approximate surface area is 139 Å². The van der Waals surface area contributed by atoms with Gasteiger partial charge in [-0.1, -0.05) is 34.8 Å². The number of ether oxygens (including phenoxy) is 1. The monoisotopic (exact) mass is 363 g/mol. The van der Waals surface area contributed by atoms with E-state index in [2.05, 4.69) is 5.32 Å². The molecule has 2 rings (SSSR count). The predicted molar refractivity (Wildman–Crippen MR) is 84.7 cm³/mol. The molecule has 0 fully saturated rings. The van der Waals surface area contributed by atoms with E-state index in [9.17, 15) is 9.59 Å². The van der Waals surface area contributed by atoms with Crippen LogP contribution in [0.15, 0.2) is 30.3 Å². The van der Waals surface area contributed by atoms with Crippen LogP contribution < -0.4 is 5.32 Å². The van der Waals surface area contributed by atoms with Crippen LogP contribution in [-0.4, -0.2) is 18.5 Å². The molecule has 1 aromatic heterocycles. The zero-order valence-corrected chi connectivity index (χ0v) is 13.4. The van der Waals surface area contributed by atoms with Crippen molar-refractivity contribution in [3.63, 3.8) is 0 Å². The summed E-state index contributed by atoms with van der Waals surface area (Å²) < 4.78 is 5.35. The first-order chi connectivity index (χ1) is 9.95. The lowest BCUT2D eigenvalue weighted by Gasteiger charge is -2.06. The highest BCUT2D eigenvalue weighted by molar-refractivity contribution is 7.17. The third kappa shape index (κ3) is 4.61. The number of hydrogen-bond donors (Lipinski definition) is 1. The molecule has 0 aliphatic carbocycles. The first-order valence-corrected chi connectivity index (χ1v) is 7.58. The van der Waals surface area contributed by atoms with Crippen molar-refractivity contribution < 1.29 is 14.3 Å². The molecule has 8 heteroatoms. The molecular formula is C13H8Cl3NO3S. The fourth-order valence-corrected chi connectivity index (χ4v) is 2.63. The Balaban J connectivity index is 1.87. The summed E-state index contributed by atoms with van der Waals surface area (Å²) in [5.74, 6) is -1.08. The second-order valence-electron chi connectivity index (χ2n) is 3.86. The molecule has 0 spiro atoms. The Hall–Kier alpha value is -1.27. The summed E-state index contributed by atoms with van der Waals surface area (Å²) in [6, 6.07) is 7.76. The van der Waals surface area contributed by atoms with Crippen molar-refractivity contribution in [1.29, 1.82) is 0 Å². The molecule has 0 atom stereocenters. The second kappa shape index (κ2) is 7.13. The van der Waals surface area contributed by atoms with E-state index in [-0.39, 0.29) is 0 Å². The van der Waals surface area contributed by atoms with Gasteiger partial charge in [0.25, 0.3) is 5.91 Å². The average molecular weight is 365 g/mol. The molecule has 21 heavy (non-hydrogen) atoms. The maximum Gasteiger partial charge on any atom is 0.348 e. The molecule has 1 aromatic carbocycles. The van der Waals surface area contributed by atoms with Crippen LogP contribution in [0.5, 0.6) is 0 Å². The van der Waals surface area contributed by atoms with Crippen LogP contribution in [0.25, 0.3) is 0 Å². The number of rotatable bonds is 4. The van der Waals surface area contributed by atoms with Gasteiger partial charge < -0.3 is 10.1 Å². The van der Waals surface area contributed by atoms with E-state index in [0.717, 1.165) is 11.3 Å². The van der Waals surface area contributed by atoms with Crippen molar-refractivity contribution in [2.75, 3.05) is 11.9 Å². The van der Waals surface area contributed by atoms with Crippen molar-refractivity contribution >= 4 is 63.7 Å². The summed E-state index contributed by atoms with van der Waals surface area (Å²) in [6.07, 6.45) is 0. The molecule has 0 saturated carbocycles. The molecule has 1 N–H and O–H groups in total. The molecule has 1 heterocycles. The first kappa shape index (κ1) is 16.1. The van der Waals surface area contributed by atoms with Crippen LogP contribution in [0.4, 0.5) is 5.69 Å². The Bertz CT molecular complexity index is 687. The summed E-state index contributed by atoms with van der Waals surface area (Å²) in [5, 5.41) is 3.24. The molecule has 2 aromatic rings. The minimum absolute atomic E-state index is 0.319. The van der Waals surface area contributed by atoms with E-state index >= 15 is 0 Å². The van der Waals surface area contributed by atoms with Gasteiger partial charge in [0.2, 0.25) is 0 Å². The zero-order chi connectivity index (χ0) is 15.4. The molecule has 110 valence electrons. The van der Waals surface area contributed by atoms with E-state index in [1.807, 2.05) is 0 Å². The standard InChI is InChI=1S/C13H8Cl3NO3S/c14-8-2-1-7(5-9(8)15)17-12(18)6-20-13(19)10-3-4-11(16)21-10/h1-5H,6H2,(H,17,18). The van der Waals surface area contributed by atoms with Gasteiger partial charge in [-0.3, -0.25) is 4.79 Å². The Morgan fingerprint density at radius 2 is 1.86 bits per heavy atom. The van der Waals surface area contributed by atoms with Gasteiger partial charge in [0.1, 0.15) is 4.88 Å². The van der Waals surface area contributed by atoms with Gasteiger partial charge in [0.05, 0.1) is 14.4 Å². The number of thiophene rings is 1. The van der Waals surface area contributed by atoms with Crippen LogP contribution in [-0.2, 0) is 9.53 Å². The molecule has 0 bridgehead atoms. The molecule has 0 radical (unpaired) electrons. The van der Waals surface area contributed by atoms with E-state index in [0.29, 0.717) is 24.9 Å². The van der Waals surface area contributed by atoms with Crippen LogP contribution in [0.3, 0.4) is 0 Å². The highest BCUT2D eigenvalue weighted by Gasteiger charge is 2.12. The largest absolute Gasteiger partial charge is 0.451 e. The van der Waals surface area contributed by atoms with E-state index < -0.39 is 18.5 Å². The van der Waals surface area contributed by atoms with Gasteiger partial charge in [-0.15, -0.1) is 11.3 Å². The van der Waals surface area contributed by atoms with Crippen molar-refractivity contribution in [3.05, 3.63) is 49.6 Å². The fourth-order valence-electron chi connectivity index (χ4n) is 1.40. The quantitative estimate of drug-likeness (QED) is 0.812. The Morgan fingerprint density at radius 3 is 2.48 bits per heavy atom. The summed E-state index contributed by atoms with van der Waals surface area (Å²) >= 11 is 18.4. The highest BCUT2D eigenvalue weighted by Crippen LogP contribution is 2.25. The number of carbonyl (C=O) groups is 2. The number of anilines is 1. The lowest BCUT2D eigenvalue weighted by molar-refractivity contribution is -0.119. The lowest BCUT2D eigenvalue weighted by Crippen LogP contribution is -2.20. The third-order valence-corrected chi connectivity index (χ3v) is 4.26. The smallest absolute Gasteiger partial charge is 0.348 e. The lowest BCUT2D eigenvalue weighted by atomic mass is 10.3. The Kier molecular flexibility index (Phi) is 5.47. The molecule has 0 unspecified atom stereocenters. The van der Waals surface area contributed by atoms with Gasteiger partial charge in [0, 0.05) is 5.69 Å². The van der Waals surface area contributed by atoms with Crippen LogP contribution in [0, 0.1) is 0 Å². The van der Waals surface area contributed by atoms with Crippen LogP contribution in [0.1, 0.15) is 9.67 Å². The molecule has 0 aliphatic heterocycles. The van der Waals surface area contributed by atoms with Gasteiger partial charge in [0.15, 0.2) is 6.61 Å². The maximum absolute atomic E-state index is 11.7. The third-order valence-electron chi connectivity index (χ3n) is 2.31. The second-order valence-corrected chi connectivity index (χ2v) is 6.39. The highest BCUT2D eigenvalue weighted by atomic mass is 35.5. The van der Waals surface area contributed by atoms with Crippen molar-refractivity contribution in [2.24, 2.45) is 0 Å². The van der Waals surface area contributed by atoms with Gasteiger partial charge in [-0.2, -0.15) is 0 Å². The number of hydrogen-bond acceptors (Lipinski definition) is 4. The molecule has 4 nitrogen and oxygen atoms in total. The number of nitrogens with one attached hydrogen (secondary N) is 1. The fraction of sp³-hybridized carbons (Fsp3) is 0.0769. The van der Waals surface area contributed by atoms with Crippen LogP contribution >= 0.6 is 46.1 Å². The van der Waals surface area contributed by atoms with E-state index in [4.69, 9.17) is 39.5 Å². The predicted octanol–water partition coefficient (Wildman–Crippen LogP) is 4.50. The number of carbonyl (C=O) groups excluding carboxylic acids is 2. The van der Waals surface area contributed by atoms with Gasteiger partial charge >= 0.3 is 5.97 Å². The van der Waals surface area contributed by atoms with Crippen molar-refractivity contribution in [1.82, 2.24) is 0 Å². The maximum atomic E-state index is 11.7. The number of esters is 1. The molecule has 0 aliphatic rings. The van der Waals surface area contributed by atoms with E-state index in [1.165, 1.54) is 12.1 Å². The van der Waals surface area contributed by atoms with Gasteiger partial charge in [-0.25, -0.2) is 4.79 Å². The summed E-state index contributed by atoms with van der Waals surface area (Å²) in [7, 11) is 0. The first-order valence-electron chi connectivity index (χ1n) is 5.63. The number of halogens is 3. The minimum Gasteiger partial charge on any atom is -0.451 e. The summed E-state index contributed by atoms with van der Waals surface area (Å²) in [5.41, 5.74) is 0.463. The minimum atomic E-state index is -0.601. The molecule has 0 saturated heterocycles. The zero-order valence-electron chi connectivity index (χ0n) is 10.4. The van der Waals surface area contributed by atoms with Crippen molar-refractivity contribution in [2.45, 2.75) is 0 Å². The Morgan fingerprint density at radius 1 is 1.10 bits per heavy atom. The molecule has 1 amide bonds. The normalized spacial score (nSPS) is 10.2. The van der Waals surface area contributed by atoms with Crippen LogP contribution in [0.2, 0.25) is 14.4 Å². The van der Waals surface area contributed by atoms with Crippen molar-refractivity contribution in [3.8, 4) is 0 Å². The summed E-state index contributed by atoms with van der Waals surface area (Å²) in [4.78, 5) is 23.6. The summed E-state index contributed by atoms with van der Waals surface area (Å²) in [6.45, 7) is -0.408. The van der Waals surface area contributed by atoms with E-state index in [1.54, 1.807) is 18.2 Å². The topological polar surface area (TPSA) is 55.4 Å². The number of amides is 1. The van der Waals surface area contributed by atoms with Gasteiger partial charge in [-0.05, 0) is 30.3 Å². The molecular weight excluding hydrogens is 357 g/mol. The number of benzene rings is 1. The average Bonchev–Trinajstić information content (AvgIpc) is 2.87.